The van der Waals surface area contributed by atoms with Gasteiger partial charge in [0.2, 0.25) is 0 Å². The standard InChI is InChI=1S/C8H13N4O3P/c9-7(16(13,14)15)5-2-1-3-6(4-5)12-8(10)11/h1-4,7H,9H2,(H4,10,11,12)(H2,13,14,15). The molecule has 0 aromatic heterocycles. The second-order valence-electron chi connectivity index (χ2n) is 3.17. The molecule has 0 heterocycles. The molecule has 0 saturated heterocycles. The largest absolute Gasteiger partial charge is 0.370 e. The summed E-state index contributed by atoms with van der Waals surface area (Å²) in [6.07, 6.45) is 0. The number of hydrogen-bond acceptors (Lipinski definition) is 3. The zero-order valence-electron chi connectivity index (χ0n) is 8.32. The number of aliphatic imine (C=N–C) groups is 1. The first-order valence-corrected chi connectivity index (χ1v) is 5.99. The Balaban J connectivity index is 3.08. The Morgan fingerprint density at radius 1 is 1.38 bits per heavy atom. The summed E-state index contributed by atoms with van der Waals surface area (Å²) in [7, 11) is -4.37. The summed E-state index contributed by atoms with van der Waals surface area (Å²) >= 11 is 0. The molecule has 1 unspecified atom stereocenters. The van der Waals surface area contributed by atoms with E-state index >= 15 is 0 Å². The average molecular weight is 244 g/mol. The van der Waals surface area contributed by atoms with E-state index in [4.69, 9.17) is 27.0 Å². The highest BCUT2D eigenvalue weighted by Crippen LogP contribution is 2.48. The monoisotopic (exact) mass is 244 g/mol. The van der Waals surface area contributed by atoms with Crippen molar-refractivity contribution in [3.05, 3.63) is 29.8 Å². The molecule has 8 N–H and O–H groups in total. The quantitative estimate of drug-likeness (QED) is 0.280. The first-order chi connectivity index (χ1) is 7.30. The Morgan fingerprint density at radius 2 is 2.00 bits per heavy atom. The van der Waals surface area contributed by atoms with Crippen LogP contribution >= 0.6 is 7.60 Å². The summed E-state index contributed by atoms with van der Waals surface area (Å²) in [6.45, 7) is 0. The average Bonchev–Trinajstić information content (AvgIpc) is 2.14. The van der Waals surface area contributed by atoms with Crippen LogP contribution in [0, 0.1) is 0 Å². The fourth-order valence-corrected chi connectivity index (χ4v) is 1.67. The summed E-state index contributed by atoms with van der Waals surface area (Å²) in [5, 5.41) is 0. The molecule has 0 radical (unpaired) electrons. The van der Waals surface area contributed by atoms with Gasteiger partial charge in [-0.1, -0.05) is 12.1 Å². The van der Waals surface area contributed by atoms with E-state index in [0.29, 0.717) is 5.69 Å². The zero-order chi connectivity index (χ0) is 12.3. The lowest BCUT2D eigenvalue weighted by Gasteiger charge is -2.13. The lowest BCUT2D eigenvalue weighted by molar-refractivity contribution is 0.359. The molecule has 1 aromatic rings. The molecule has 0 aliphatic heterocycles. The molecule has 7 nitrogen and oxygen atoms in total. The molecule has 1 rings (SSSR count). The van der Waals surface area contributed by atoms with Crippen LogP contribution in [-0.2, 0) is 4.57 Å². The van der Waals surface area contributed by atoms with Crippen LogP contribution in [0.4, 0.5) is 5.69 Å². The molecule has 0 aliphatic rings. The second kappa shape index (κ2) is 4.63. The molecule has 0 fully saturated rings. The maximum Gasteiger partial charge on any atom is 0.346 e. The van der Waals surface area contributed by atoms with Gasteiger partial charge in [-0.15, -0.1) is 0 Å². The van der Waals surface area contributed by atoms with Crippen molar-refractivity contribution in [1.82, 2.24) is 0 Å². The Bertz CT molecular complexity index is 452. The van der Waals surface area contributed by atoms with Gasteiger partial charge in [-0.05, 0) is 17.7 Å². The highest BCUT2D eigenvalue weighted by atomic mass is 31.2. The molecule has 0 bridgehead atoms. The summed E-state index contributed by atoms with van der Waals surface area (Å²) in [5.41, 5.74) is 16.4. The first-order valence-electron chi connectivity index (χ1n) is 4.31. The van der Waals surface area contributed by atoms with Crippen LogP contribution < -0.4 is 17.2 Å². The molecule has 1 atom stereocenters. The van der Waals surface area contributed by atoms with Crippen LogP contribution in [0.1, 0.15) is 11.3 Å². The molecular weight excluding hydrogens is 231 g/mol. The van der Waals surface area contributed by atoms with Gasteiger partial charge in [-0.25, -0.2) is 4.99 Å². The van der Waals surface area contributed by atoms with Gasteiger partial charge < -0.3 is 27.0 Å². The molecule has 0 spiro atoms. The summed E-state index contributed by atoms with van der Waals surface area (Å²) in [4.78, 5) is 21.6. The van der Waals surface area contributed by atoms with Crippen molar-refractivity contribution in [2.75, 3.05) is 0 Å². The van der Waals surface area contributed by atoms with Gasteiger partial charge in [0.15, 0.2) is 5.96 Å². The third-order valence-corrected chi connectivity index (χ3v) is 2.86. The lowest BCUT2D eigenvalue weighted by Crippen LogP contribution is -2.21. The van der Waals surface area contributed by atoms with Crippen LogP contribution in [0.5, 0.6) is 0 Å². The number of rotatable bonds is 3. The van der Waals surface area contributed by atoms with Gasteiger partial charge in [0, 0.05) is 0 Å². The molecule has 8 heteroatoms. The maximum absolute atomic E-state index is 10.9. The molecule has 0 amide bonds. The van der Waals surface area contributed by atoms with Crippen molar-refractivity contribution in [3.63, 3.8) is 0 Å². The number of hydrogen-bond donors (Lipinski definition) is 5. The smallest absolute Gasteiger partial charge is 0.346 e. The molecule has 1 aromatic carbocycles. The van der Waals surface area contributed by atoms with Crippen LogP contribution in [0.25, 0.3) is 0 Å². The Morgan fingerprint density at radius 3 is 2.50 bits per heavy atom. The van der Waals surface area contributed by atoms with Crippen LogP contribution in [-0.4, -0.2) is 15.7 Å². The second-order valence-corrected chi connectivity index (χ2v) is 4.90. The van der Waals surface area contributed by atoms with Gasteiger partial charge in [-0.3, -0.25) is 4.57 Å². The zero-order valence-corrected chi connectivity index (χ0v) is 9.21. The fraction of sp³-hybridized carbons (Fsp3) is 0.125. The Labute approximate surface area is 92.1 Å². The number of nitrogens with zero attached hydrogens (tertiary/aromatic N) is 1. The van der Waals surface area contributed by atoms with E-state index in [-0.39, 0.29) is 11.5 Å². The third kappa shape index (κ3) is 3.32. The minimum Gasteiger partial charge on any atom is -0.370 e. The third-order valence-electron chi connectivity index (χ3n) is 1.83. The van der Waals surface area contributed by atoms with Gasteiger partial charge in [0.25, 0.3) is 0 Å². The van der Waals surface area contributed by atoms with Crippen molar-refractivity contribution >= 4 is 19.2 Å². The topological polar surface area (TPSA) is 148 Å². The fourth-order valence-electron chi connectivity index (χ4n) is 1.12. The van der Waals surface area contributed by atoms with E-state index in [1.807, 2.05) is 0 Å². The summed E-state index contributed by atoms with van der Waals surface area (Å²) in [6, 6.07) is 6.07. The minimum absolute atomic E-state index is 0.137. The molecule has 0 aliphatic carbocycles. The van der Waals surface area contributed by atoms with E-state index in [1.54, 1.807) is 12.1 Å². The number of guanidine groups is 1. The SMILES string of the molecule is NC(N)=Nc1cccc(C(N)P(=O)(O)O)c1. The van der Waals surface area contributed by atoms with Crippen molar-refractivity contribution in [2.24, 2.45) is 22.2 Å². The Kier molecular flexibility index (Phi) is 3.66. The molecule has 0 saturated carbocycles. The lowest BCUT2D eigenvalue weighted by atomic mass is 10.2. The predicted octanol–water partition coefficient (Wildman–Crippen LogP) is -0.274. The van der Waals surface area contributed by atoms with Crippen molar-refractivity contribution in [1.29, 1.82) is 0 Å². The predicted molar refractivity (Wildman–Crippen MR) is 60.9 cm³/mol. The highest BCUT2D eigenvalue weighted by molar-refractivity contribution is 7.52. The molecule has 16 heavy (non-hydrogen) atoms. The van der Waals surface area contributed by atoms with Gasteiger partial charge >= 0.3 is 7.60 Å². The van der Waals surface area contributed by atoms with Crippen molar-refractivity contribution < 1.29 is 14.4 Å². The number of nitrogens with two attached hydrogens (primary N) is 3. The maximum atomic E-state index is 10.9. The molecule has 88 valence electrons. The van der Waals surface area contributed by atoms with Gasteiger partial charge in [0.05, 0.1) is 5.69 Å². The van der Waals surface area contributed by atoms with Crippen LogP contribution in [0.15, 0.2) is 29.3 Å². The van der Waals surface area contributed by atoms with Crippen molar-refractivity contribution in [2.45, 2.75) is 5.78 Å². The minimum atomic E-state index is -4.37. The molecular formula is C8H13N4O3P. The van der Waals surface area contributed by atoms with Crippen LogP contribution in [0.3, 0.4) is 0 Å². The van der Waals surface area contributed by atoms with E-state index in [1.165, 1.54) is 12.1 Å². The van der Waals surface area contributed by atoms with Crippen molar-refractivity contribution in [3.8, 4) is 0 Å². The first kappa shape index (κ1) is 12.7. The van der Waals surface area contributed by atoms with E-state index < -0.39 is 13.4 Å². The van der Waals surface area contributed by atoms with Gasteiger partial charge in [0.1, 0.15) is 5.78 Å². The Hall–Kier alpha value is -1.40. The number of benzene rings is 1. The summed E-state index contributed by atoms with van der Waals surface area (Å²) in [5.74, 6) is -1.51. The van der Waals surface area contributed by atoms with Crippen LogP contribution in [0.2, 0.25) is 0 Å². The van der Waals surface area contributed by atoms with Gasteiger partial charge in [-0.2, -0.15) is 0 Å². The highest BCUT2D eigenvalue weighted by Gasteiger charge is 2.26. The van der Waals surface area contributed by atoms with E-state index in [2.05, 4.69) is 4.99 Å². The summed E-state index contributed by atoms with van der Waals surface area (Å²) < 4.78 is 10.9. The van der Waals surface area contributed by atoms with E-state index in [0.717, 1.165) is 0 Å². The van der Waals surface area contributed by atoms with E-state index in [9.17, 15) is 4.57 Å². The normalized spacial score (nSPS) is 13.2.